The number of carbonyl (C=O) groups is 2. The van der Waals surface area contributed by atoms with Crippen LogP contribution in [0.15, 0.2) is 48.7 Å². The molecule has 2 aromatic rings. The number of methoxy groups -OCH3 is 1. The fourth-order valence-electron chi connectivity index (χ4n) is 3.78. The lowest BCUT2D eigenvalue weighted by molar-refractivity contribution is -0.142. The summed E-state index contributed by atoms with van der Waals surface area (Å²) in [5.74, 6) is 0.753. The number of hydrogen-bond acceptors (Lipinski definition) is 4. The van der Waals surface area contributed by atoms with E-state index in [1.165, 1.54) is 0 Å². The van der Waals surface area contributed by atoms with Crippen LogP contribution < -0.4 is 10.1 Å². The SMILES string of the molecule is COc1cccc(C(NC(=O)C2CCN(C(=O)C(C)(C)C)CC2)c2ccccn2)c1. The molecule has 0 aliphatic carbocycles. The van der Waals surface area contributed by atoms with Crippen molar-refractivity contribution in [2.75, 3.05) is 20.2 Å². The normalized spacial score (nSPS) is 16.1. The Morgan fingerprint density at radius 1 is 1.13 bits per heavy atom. The molecule has 3 rings (SSSR count). The minimum absolute atomic E-state index is 0.00340. The Hall–Kier alpha value is -2.89. The Morgan fingerprint density at radius 3 is 2.47 bits per heavy atom. The molecule has 1 atom stereocenters. The number of likely N-dealkylation sites (tertiary alicyclic amines) is 1. The number of amides is 2. The molecule has 0 saturated carbocycles. The Morgan fingerprint density at radius 2 is 1.87 bits per heavy atom. The molecule has 1 aromatic carbocycles. The van der Waals surface area contributed by atoms with Crippen LogP contribution in [0.25, 0.3) is 0 Å². The van der Waals surface area contributed by atoms with E-state index >= 15 is 0 Å². The maximum atomic E-state index is 13.1. The lowest BCUT2D eigenvalue weighted by atomic mass is 9.90. The molecule has 1 aliphatic rings. The van der Waals surface area contributed by atoms with Crippen LogP contribution >= 0.6 is 0 Å². The molecule has 1 aromatic heterocycles. The van der Waals surface area contributed by atoms with E-state index in [9.17, 15) is 9.59 Å². The first-order valence-electron chi connectivity index (χ1n) is 10.4. The molecule has 1 unspecified atom stereocenters. The average Bonchev–Trinajstić information content (AvgIpc) is 2.77. The summed E-state index contributed by atoms with van der Waals surface area (Å²) in [6.07, 6.45) is 3.06. The van der Waals surface area contributed by atoms with E-state index in [0.717, 1.165) is 17.0 Å². The van der Waals surface area contributed by atoms with Gasteiger partial charge in [-0.3, -0.25) is 14.6 Å². The fourth-order valence-corrected chi connectivity index (χ4v) is 3.78. The van der Waals surface area contributed by atoms with Crippen molar-refractivity contribution in [1.29, 1.82) is 0 Å². The van der Waals surface area contributed by atoms with Gasteiger partial charge >= 0.3 is 0 Å². The third-order valence-electron chi connectivity index (χ3n) is 5.49. The molecule has 160 valence electrons. The molecular weight excluding hydrogens is 378 g/mol. The van der Waals surface area contributed by atoms with Crippen molar-refractivity contribution in [2.45, 2.75) is 39.7 Å². The van der Waals surface area contributed by atoms with Crippen molar-refractivity contribution in [3.8, 4) is 5.75 Å². The number of piperidine rings is 1. The maximum absolute atomic E-state index is 13.1. The zero-order valence-corrected chi connectivity index (χ0v) is 18.2. The second kappa shape index (κ2) is 9.28. The number of carbonyl (C=O) groups excluding carboxylic acids is 2. The number of ether oxygens (including phenoxy) is 1. The average molecular weight is 410 g/mol. The van der Waals surface area contributed by atoms with E-state index in [1.807, 2.05) is 68.1 Å². The van der Waals surface area contributed by atoms with Crippen molar-refractivity contribution in [2.24, 2.45) is 11.3 Å². The van der Waals surface area contributed by atoms with Gasteiger partial charge in [-0.05, 0) is 42.7 Å². The van der Waals surface area contributed by atoms with Gasteiger partial charge in [-0.15, -0.1) is 0 Å². The number of nitrogens with one attached hydrogen (secondary N) is 1. The van der Waals surface area contributed by atoms with Crippen LogP contribution in [0.2, 0.25) is 0 Å². The molecule has 6 nitrogen and oxygen atoms in total. The van der Waals surface area contributed by atoms with Crippen molar-refractivity contribution in [3.05, 3.63) is 59.9 Å². The molecule has 6 heteroatoms. The quantitative estimate of drug-likeness (QED) is 0.819. The Balaban J connectivity index is 1.72. The van der Waals surface area contributed by atoms with Crippen molar-refractivity contribution >= 4 is 11.8 Å². The van der Waals surface area contributed by atoms with Gasteiger partial charge in [-0.25, -0.2) is 0 Å². The van der Waals surface area contributed by atoms with E-state index in [0.29, 0.717) is 25.9 Å². The summed E-state index contributed by atoms with van der Waals surface area (Å²) in [7, 11) is 1.63. The second-order valence-electron chi connectivity index (χ2n) is 8.79. The first kappa shape index (κ1) is 21.8. The Kier molecular flexibility index (Phi) is 6.75. The summed E-state index contributed by atoms with van der Waals surface area (Å²) in [4.78, 5) is 32.0. The maximum Gasteiger partial charge on any atom is 0.227 e. The lowest BCUT2D eigenvalue weighted by Gasteiger charge is -2.35. The Labute approximate surface area is 178 Å². The second-order valence-corrected chi connectivity index (χ2v) is 8.79. The summed E-state index contributed by atoms with van der Waals surface area (Å²) in [5.41, 5.74) is 1.30. The molecule has 30 heavy (non-hydrogen) atoms. The molecule has 1 saturated heterocycles. The number of nitrogens with zero attached hydrogens (tertiary/aromatic N) is 2. The molecule has 0 radical (unpaired) electrons. The van der Waals surface area contributed by atoms with E-state index in [2.05, 4.69) is 10.3 Å². The van der Waals surface area contributed by atoms with Gasteiger partial charge in [0.25, 0.3) is 0 Å². The van der Waals surface area contributed by atoms with Crippen LogP contribution in [0.3, 0.4) is 0 Å². The van der Waals surface area contributed by atoms with Crippen molar-refractivity contribution in [1.82, 2.24) is 15.2 Å². The van der Waals surface area contributed by atoms with Gasteiger partial charge in [0.05, 0.1) is 18.8 Å². The van der Waals surface area contributed by atoms with Gasteiger partial charge in [0.2, 0.25) is 11.8 Å². The molecular formula is C24H31N3O3. The summed E-state index contributed by atoms with van der Waals surface area (Å²) < 4.78 is 5.35. The topological polar surface area (TPSA) is 71.5 Å². The summed E-state index contributed by atoms with van der Waals surface area (Å²) in [6, 6.07) is 13.0. The number of aromatic nitrogens is 1. The number of pyridine rings is 1. The van der Waals surface area contributed by atoms with Crippen LogP contribution in [0.4, 0.5) is 0 Å². The first-order chi connectivity index (χ1) is 14.3. The summed E-state index contributed by atoms with van der Waals surface area (Å²) in [6.45, 7) is 7.02. The zero-order chi connectivity index (χ0) is 21.7. The van der Waals surface area contributed by atoms with Crippen LogP contribution in [-0.4, -0.2) is 41.9 Å². The molecule has 1 fully saturated rings. The molecule has 0 bridgehead atoms. The minimum Gasteiger partial charge on any atom is -0.497 e. The largest absolute Gasteiger partial charge is 0.497 e. The summed E-state index contributed by atoms with van der Waals surface area (Å²) >= 11 is 0. The minimum atomic E-state index is -0.397. The zero-order valence-electron chi connectivity index (χ0n) is 18.2. The number of rotatable bonds is 5. The number of benzene rings is 1. The van der Waals surface area contributed by atoms with Gasteiger partial charge in [-0.1, -0.05) is 39.0 Å². The highest BCUT2D eigenvalue weighted by molar-refractivity contribution is 5.83. The first-order valence-corrected chi connectivity index (χ1v) is 10.4. The third-order valence-corrected chi connectivity index (χ3v) is 5.49. The van der Waals surface area contributed by atoms with Gasteiger partial charge in [0.1, 0.15) is 5.75 Å². The predicted molar refractivity (Wildman–Crippen MR) is 116 cm³/mol. The molecule has 1 aliphatic heterocycles. The summed E-state index contributed by atoms with van der Waals surface area (Å²) in [5, 5.41) is 3.18. The van der Waals surface area contributed by atoms with E-state index in [-0.39, 0.29) is 23.8 Å². The smallest absolute Gasteiger partial charge is 0.227 e. The Bertz CT molecular complexity index is 869. The van der Waals surface area contributed by atoms with Gasteiger partial charge in [0, 0.05) is 30.6 Å². The van der Waals surface area contributed by atoms with E-state index in [4.69, 9.17) is 4.74 Å². The molecule has 2 amide bonds. The van der Waals surface area contributed by atoms with Gasteiger partial charge in [-0.2, -0.15) is 0 Å². The van der Waals surface area contributed by atoms with Crippen molar-refractivity contribution in [3.63, 3.8) is 0 Å². The molecule has 1 N–H and O–H groups in total. The molecule has 0 spiro atoms. The number of hydrogen-bond donors (Lipinski definition) is 1. The van der Waals surface area contributed by atoms with Crippen LogP contribution in [0.1, 0.15) is 50.9 Å². The highest BCUT2D eigenvalue weighted by Crippen LogP contribution is 2.27. The van der Waals surface area contributed by atoms with Crippen LogP contribution in [-0.2, 0) is 9.59 Å². The highest BCUT2D eigenvalue weighted by atomic mass is 16.5. The van der Waals surface area contributed by atoms with Gasteiger partial charge < -0.3 is 15.0 Å². The van der Waals surface area contributed by atoms with Crippen molar-refractivity contribution < 1.29 is 14.3 Å². The third kappa shape index (κ3) is 5.17. The molecule has 2 heterocycles. The lowest BCUT2D eigenvalue weighted by Crippen LogP contribution is -2.47. The predicted octanol–water partition coefficient (Wildman–Crippen LogP) is 3.58. The van der Waals surface area contributed by atoms with E-state index < -0.39 is 5.41 Å². The van der Waals surface area contributed by atoms with Gasteiger partial charge in [0.15, 0.2) is 0 Å². The fraction of sp³-hybridized carbons (Fsp3) is 0.458. The standard InChI is InChI=1S/C24H31N3O3/c1-24(2,3)23(29)27-14-11-17(12-15-27)22(28)26-21(20-10-5-6-13-25-20)18-8-7-9-19(16-18)30-4/h5-10,13,16-17,21H,11-12,14-15H2,1-4H3,(H,26,28). The highest BCUT2D eigenvalue weighted by Gasteiger charge is 2.33. The van der Waals surface area contributed by atoms with Crippen LogP contribution in [0.5, 0.6) is 5.75 Å². The van der Waals surface area contributed by atoms with Crippen LogP contribution in [0, 0.1) is 11.3 Å². The van der Waals surface area contributed by atoms with E-state index in [1.54, 1.807) is 13.3 Å². The monoisotopic (exact) mass is 409 g/mol.